The lowest BCUT2D eigenvalue weighted by atomic mass is 9.91. The van der Waals surface area contributed by atoms with E-state index in [1.165, 1.54) is 54.6 Å². The van der Waals surface area contributed by atoms with Crippen molar-refractivity contribution in [1.82, 2.24) is 9.97 Å². The van der Waals surface area contributed by atoms with Crippen molar-refractivity contribution in [2.24, 2.45) is 0 Å². The van der Waals surface area contributed by atoms with Crippen molar-refractivity contribution < 1.29 is 0 Å². The molecule has 0 aliphatic rings. The first-order valence-corrected chi connectivity index (χ1v) is 16.3. The van der Waals surface area contributed by atoms with Gasteiger partial charge in [-0.05, 0) is 90.0 Å². The smallest absolute Gasteiger partial charge is 0.0892 e. The minimum Gasteiger partial charge on any atom is -0.260 e. The van der Waals surface area contributed by atoms with E-state index in [0.29, 0.717) is 0 Å². The van der Waals surface area contributed by atoms with Gasteiger partial charge in [-0.2, -0.15) is 0 Å². The van der Waals surface area contributed by atoms with Gasteiger partial charge in [0.1, 0.15) is 0 Å². The van der Waals surface area contributed by atoms with E-state index >= 15 is 0 Å². The zero-order valence-electron chi connectivity index (χ0n) is 26.2. The number of benzene rings is 8. The van der Waals surface area contributed by atoms with Crippen molar-refractivity contribution in [2.45, 2.75) is 0 Å². The average molecular weight is 611 g/mol. The number of nitrogens with zero attached hydrogens (tertiary/aromatic N) is 2. The number of aromatic nitrogens is 2. The van der Waals surface area contributed by atoms with Gasteiger partial charge in [-0.3, -0.25) is 4.98 Å². The maximum atomic E-state index is 4.94. The van der Waals surface area contributed by atoms with Gasteiger partial charge >= 0.3 is 0 Å². The Morgan fingerprint density at radius 2 is 0.625 bits per heavy atom. The third-order valence-corrected chi connectivity index (χ3v) is 9.33. The Morgan fingerprint density at radius 1 is 0.250 bits per heavy atom. The maximum Gasteiger partial charge on any atom is 0.0892 e. The summed E-state index contributed by atoms with van der Waals surface area (Å²) in [5.41, 5.74) is 10.9. The topological polar surface area (TPSA) is 25.8 Å². The van der Waals surface area contributed by atoms with Crippen LogP contribution in [-0.2, 0) is 0 Å². The molecule has 0 N–H and O–H groups in total. The molecule has 9 aromatic rings. The van der Waals surface area contributed by atoms with Crippen molar-refractivity contribution in [2.75, 3.05) is 0 Å². The van der Waals surface area contributed by atoms with Crippen LogP contribution in [-0.4, -0.2) is 9.97 Å². The fourth-order valence-corrected chi connectivity index (χ4v) is 6.95. The van der Waals surface area contributed by atoms with Crippen molar-refractivity contribution in [1.29, 1.82) is 0 Å². The van der Waals surface area contributed by atoms with Crippen LogP contribution in [0.5, 0.6) is 0 Å². The molecule has 0 saturated heterocycles. The fourth-order valence-electron chi connectivity index (χ4n) is 6.95. The first-order valence-electron chi connectivity index (χ1n) is 16.3. The Labute approximate surface area is 279 Å². The molecule has 0 aliphatic heterocycles. The minimum atomic E-state index is 0.859. The molecule has 2 nitrogen and oxygen atoms in total. The molecule has 1 aromatic heterocycles. The van der Waals surface area contributed by atoms with Gasteiger partial charge in [-0.25, -0.2) is 4.98 Å². The van der Waals surface area contributed by atoms with E-state index in [1.54, 1.807) is 0 Å². The molecule has 0 spiro atoms. The highest BCUT2D eigenvalue weighted by atomic mass is 14.8. The molecule has 0 bridgehead atoms. The van der Waals surface area contributed by atoms with Gasteiger partial charge in [0.2, 0.25) is 0 Å². The molecule has 2 heteroatoms. The van der Waals surface area contributed by atoms with Crippen LogP contribution in [0.15, 0.2) is 182 Å². The molecule has 0 saturated carbocycles. The van der Waals surface area contributed by atoms with Crippen LogP contribution in [0, 0.1) is 0 Å². The van der Waals surface area contributed by atoms with Gasteiger partial charge in [-0.1, -0.05) is 146 Å². The fraction of sp³-hybridized carbons (Fsp3) is 0. The monoisotopic (exact) mass is 610 g/mol. The summed E-state index contributed by atoms with van der Waals surface area (Å²) >= 11 is 0. The van der Waals surface area contributed by atoms with E-state index in [-0.39, 0.29) is 0 Å². The maximum absolute atomic E-state index is 4.94. The highest BCUT2D eigenvalue weighted by Crippen LogP contribution is 2.38. The molecular weight excluding hydrogens is 581 g/mol. The Morgan fingerprint density at radius 3 is 1.17 bits per heavy atom. The van der Waals surface area contributed by atoms with Gasteiger partial charge < -0.3 is 0 Å². The first kappa shape index (κ1) is 27.9. The van der Waals surface area contributed by atoms with Crippen LogP contribution in [0.1, 0.15) is 0 Å². The van der Waals surface area contributed by atoms with Gasteiger partial charge in [0.25, 0.3) is 0 Å². The Balaban J connectivity index is 1.07. The molecule has 0 amide bonds. The largest absolute Gasteiger partial charge is 0.260 e. The molecule has 48 heavy (non-hydrogen) atoms. The van der Waals surface area contributed by atoms with Gasteiger partial charge in [0.15, 0.2) is 0 Å². The van der Waals surface area contributed by atoms with E-state index in [9.17, 15) is 0 Å². The second-order valence-corrected chi connectivity index (χ2v) is 12.2. The summed E-state index contributed by atoms with van der Waals surface area (Å²) in [4.78, 5) is 9.45. The number of hydrogen-bond donors (Lipinski definition) is 0. The molecule has 8 aromatic carbocycles. The predicted octanol–water partition coefficient (Wildman–Crippen LogP) is 12.3. The van der Waals surface area contributed by atoms with Crippen molar-refractivity contribution in [3.8, 4) is 55.9 Å². The van der Waals surface area contributed by atoms with Gasteiger partial charge in [-0.15, -0.1) is 0 Å². The van der Waals surface area contributed by atoms with Crippen molar-refractivity contribution in [3.05, 3.63) is 182 Å². The second-order valence-electron chi connectivity index (χ2n) is 12.2. The van der Waals surface area contributed by atoms with E-state index in [1.807, 2.05) is 30.6 Å². The van der Waals surface area contributed by atoms with Crippen molar-refractivity contribution in [3.63, 3.8) is 0 Å². The Bertz CT molecular complexity index is 2580. The molecular formula is C46H30N2. The third kappa shape index (κ3) is 5.01. The summed E-state index contributed by atoms with van der Waals surface area (Å²) in [6.45, 7) is 0. The summed E-state index contributed by atoms with van der Waals surface area (Å²) in [7, 11) is 0. The molecule has 1 heterocycles. The zero-order valence-corrected chi connectivity index (χ0v) is 26.2. The average Bonchev–Trinajstić information content (AvgIpc) is 3.18. The SMILES string of the molecule is c1ccc(-c2cncc(-c3cccc(-c4cccc(-c5cccc(-c6ccc7c8ccccc8c8ccccc8c7c6)c5)c4)c3)n2)cc1. The summed E-state index contributed by atoms with van der Waals surface area (Å²) in [6.07, 6.45) is 3.66. The number of hydrogen-bond acceptors (Lipinski definition) is 2. The molecule has 0 unspecified atom stereocenters. The van der Waals surface area contributed by atoms with E-state index in [0.717, 1.165) is 33.6 Å². The van der Waals surface area contributed by atoms with Crippen LogP contribution in [0.25, 0.3) is 88.2 Å². The zero-order chi connectivity index (χ0) is 31.9. The molecule has 224 valence electrons. The lowest BCUT2D eigenvalue weighted by Gasteiger charge is -2.13. The summed E-state index contributed by atoms with van der Waals surface area (Å²) in [5.74, 6) is 0. The van der Waals surface area contributed by atoms with E-state index in [4.69, 9.17) is 4.98 Å². The van der Waals surface area contributed by atoms with Gasteiger partial charge in [0, 0.05) is 11.1 Å². The molecule has 0 radical (unpaired) electrons. The van der Waals surface area contributed by atoms with Crippen molar-refractivity contribution >= 4 is 32.3 Å². The van der Waals surface area contributed by atoms with Crippen LogP contribution < -0.4 is 0 Å². The highest BCUT2D eigenvalue weighted by molar-refractivity contribution is 6.25. The molecule has 0 fully saturated rings. The lowest BCUT2D eigenvalue weighted by molar-refractivity contribution is 1.21. The van der Waals surface area contributed by atoms with Crippen LogP contribution >= 0.6 is 0 Å². The highest BCUT2D eigenvalue weighted by Gasteiger charge is 2.11. The lowest BCUT2D eigenvalue weighted by Crippen LogP contribution is -1.90. The summed E-state index contributed by atoms with van der Waals surface area (Å²) < 4.78 is 0. The molecule has 0 atom stereocenters. The normalized spacial score (nSPS) is 11.3. The minimum absolute atomic E-state index is 0.859. The number of rotatable bonds is 5. The Hall–Kier alpha value is -6.38. The molecule has 9 rings (SSSR count). The predicted molar refractivity (Wildman–Crippen MR) is 202 cm³/mol. The van der Waals surface area contributed by atoms with E-state index in [2.05, 4.69) is 157 Å². The van der Waals surface area contributed by atoms with Crippen LogP contribution in [0.3, 0.4) is 0 Å². The molecule has 0 aliphatic carbocycles. The van der Waals surface area contributed by atoms with Gasteiger partial charge in [0.05, 0.1) is 23.8 Å². The van der Waals surface area contributed by atoms with Crippen LogP contribution in [0.2, 0.25) is 0 Å². The summed E-state index contributed by atoms with van der Waals surface area (Å²) in [6, 6.07) is 60.9. The van der Waals surface area contributed by atoms with E-state index < -0.39 is 0 Å². The Kier molecular flexibility index (Phi) is 6.84. The van der Waals surface area contributed by atoms with Crippen LogP contribution in [0.4, 0.5) is 0 Å². The standard InChI is InChI=1S/C46H30N2/c1-2-11-31(12-3-1)45-29-47-30-46(48-45)38-18-10-17-36(27-38)34-15-8-13-32(25-34)33-14-9-16-35(26-33)37-23-24-43-41-21-5-4-19-39(41)40-20-6-7-22-42(40)44(43)28-37/h1-30H. The first-order chi connectivity index (χ1) is 23.8. The third-order valence-electron chi connectivity index (χ3n) is 9.33. The summed E-state index contributed by atoms with van der Waals surface area (Å²) in [5, 5.41) is 7.75. The second kappa shape index (κ2) is 11.8. The quantitative estimate of drug-likeness (QED) is 0.181. The number of fused-ring (bicyclic) bond motifs is 6.